The van der Waals surface area contributed by atoms with Crippen LogP contribution >= 0.6 is 15.9 Å². The van der Waals surface area contributed by atoms with Gasteiger partial charge >= 0.3 is 0 Å². The maximum absolute atomic E-state index is 13.1. The summed E-state index contributed by atoms with van der Waals surface area (Å²) < 4.78 is 38.6. The van der Waals surface area contributed by atoms with E-state index in [0.29, 0.717) is 6.07 Å². The highest BCUT2D eigenvalue weighted by molar-refractivity contribution is 9.10. The molecule has 0 saturated carbocycles. The summed E-state index contributed by atoms with van der Waals surface area (Å²) in [4.78, 5) is 1.30. The topological polar surface area (TPSA) is 3.24 Å². The van der Waals surface area contributed by atoms with Crippen LogP contribution in [0.15, 0.2) is 10.5 Å². The van der Waals surface area contributed by atoms with E-state index in [1.165, 1.54) is 19.0 Å². The van der Waals surface area contributed by atoms with E-state index < -0.39 is 17.5 Å². The highest BCUT2D eigenvalue weighted by Crippen LogP contribution is 2.31. The van der Waals surface area contributed by atoms with Crippen molar-refractivity contribution in [1.82, 2.24) is 0 Å². The van der Waals surface area contributed by atoms with Crippen molar-refractivity contribution in [3.8, 4) is 0 Å². The molecule has 0 aliphatic heterocycles. The molecule has 13 heavy (non-hydrogen) atoms. The summed E-state index contributed by atoms with van der Waals surface area (Å²) in [6, 6.07) is 0.506. The minimum atomic E-state index is -1.19. The predicted molar refractivity (Wildman–Crippen MR) is 48.3 cm³/mol. The molecule has 5 heteroatoms. The number of rotatable bonds is 1. The molecule has 0 unspecified atom stereocenters. The van der Waals surface area contributed by atoms with E-state index >= 15 is 0 Å². The van der Waals surface area contributed by atoms with E-state index in [-0.39, 0.29) is 10.2 Å². The summed E-state index contributed by atoms with van der Waals surface area (Å²) >= 11 is 2.84. The molecule has 0 aliphatic carbocycles. The molecule has 0 amide bonds. The lowest BCUT2D eigenvalue weighted by molar-refractivity contribution is 0.493. The van der Waals surface area contributed by atoms with Crippen molar-refractivity contribution in [2.24, 2.45) is 0 Å². The van der Waals surface area contributed by atoms with Gasteiger partial charge in [0.25, 0.3) is 0 Å². The second kappa shape index (κ2) is 3.57. The molecule has 0 saturated heterocycles. The van der Waals surface area contributed by atoms with Crippen molar-refractivity contribution in [1.29, 1.82) is 0 Å². The summed E-state index contributed by atoms with van der Waals surface area (Å²) in [5, 5.41) is 0. The smallest absolute Gasteiger partial charge is 0.183 e. The SMILES string of the molecule is CN(C)c1c(F)c(F)cc(F)c1Br. The Morgan fingerprint density at radius 2 is 1.69 bits per heavy atom. The molecule has 0 aromatic heterocycles. The summed E-state index contributed by atoms with van der Waals surface area (Å²) in [7, 11) is 3.00. The molecule has 1 aromatic rings. The number of anilines is 1. The molecular weight excluding hydrogens is 247 g/mol. The Balaban J connectivity index is 3.46. The Labute approximate surface area is 82.3 Å². The largest absolute Gasteiger partial charge is 0.374 e. The summed E-state index contributed by atoms with van der Waals surface area (Å²) in [5.74, 6) is -3.06. The summed E-state index contributed by atoms with van der Waals surface area (Å²) in [6.45, 7) is 0. The van der Waals surface area contributed by atoms with Gasteiger partial charge in [-0.15, -0.1) is 0 Å². The van der Waals surface area contributed by atoms with E-state index in [1.807, 2.05) is 0 Å². The number of nitrogens with zero attached hydrogens (tertiary/aromatic N) is 1. The quantitative estimate of drug-likeness (QED) is 0.696. The Hall–Kier alpha value is -0.710. The van der Waals surface area contributed by atoms with Crippen molar-refractivity contribution >= 4 is 21.6 Å². The molecule has 0 fully saturated rings. The van der Waals surface area contributed by atoms with Crippen LogP contribution in [-0.4, -0.2) is 14.1 Å². The molecule has 0 N–H and O–H groups in total. The fourth-order valence-electron chi connectivity index (χ4n) is 0.953. The van der Waals surface area contributed by atoms with Gasteiger partial charge in [-0.25, -0.2) is 13.2 Å². The van der Waals surface area contributed by atoms with E-state index in [0.717, 1.165) is 0 Å². The maximum atomic E-state index is 13.1. The van der Waals surface area contributed by atoms with Crippen LogP contribution in [0.5, 0.6) is 0 Å². The van der Waals surface area contributed by atoms with Crippen molar-refractivity contribution in [2.75, 3.05) is 19.0 Å². The zero-order chi connectivity index (χ0) is 10.2. The maximum Gasteiger partial charge on any atom is 0.183 e. The minimum Gasteiger partial charge on any atom is -0.374 e. The Kier molecular flexibility index (Phi) is 2.85. The first-order valence-corrected chi connectivity index (χ1v) is 4.24. The third kappa shape index (κ3) is 1.80. The van der Waals surface area contributed by atoms with E-state index in [4.69, 9.17) is 0 Å². The average Bonchev–Trinajstić information content (AvgIpc) is 2.01. The van der Waals surface area contributed by atoms with Crippen molar-refractivity contribution in [3.05, 3.63) is 28.0 Å². The lowest BCUT2D eigenvalue weighted by atomic mass is 10.2. The Morgan fingerprint density at radius 1 is 1.15 bits per heavy atom. The van der Waals surface area contributed by atoms with Gasteiger partial charge in [-0.2, -0.15) is 0 Å². The van der Waals surface area contributed by atoms with Gasteiger partial charge in [0.05, 0.1) is 10.2 Å². The first kappa shape index (κ1) is 10.4. The zero-order valence-corrected chi connectivity index (χ0v) is 8.62. The minimum absolute atomic E-state index is 0.0728. The lowest BCUT2D eigenvalue weighted by Gasteiger charge is -2.16. The molecule has 0 atom stereocenters. The van der Waals surface area contributed by atoms with Crippen LogP contribution in [0.1, 0.15) is 0 Å². The first-order chi connectivity index (χ1) is 5.95. The van der Waals surface area contributed by atoms with Crippen LogP contribution in [0.3, 0.4) is 0 Å². The van der Waals surface area contributed by atoms with Crippen molar-refractivity contribution < 1.29 is 13.2 Å². The van der Waals surface area contributed by atoms with Gasteiger partial charge in [0.15, 0.2) is 11.6 Å². The normalized spacial score (nSPS) is 10.3. The lowest BCUT2D eigenvalue weighted by Crippen LogP contribution is -2.13. The molecule has 0 spiro atoms. The second-order valence-corrected chi connectivity index (χ2v) is 3.50. The number of halogens is 4. The molecule has 0 aliphatic rings. The van der Waals surface area contributed by atoms with E-state index in [9.17, 15) is 13.2 Å². The molecule has 0 radical (unpaired) electrons. The standard InChI is InChI=1S/C8H7BrF3N/c1-13(2)8-6(9)4(10)3-5(11)7(8)12/h3H,1-2H3. The van der Waals surface area contributed by atoms with E-state index in [2.05, 4.69) is 15.9 Å². The molecule has 72 valence electrons. The van der Waals surface area contributed by atoms with Gasteiger partial charge in [0, 0.05) is 20.2 Å². The zero-order valence-electron chi connectivity index (χ0n) is 7.04. The molecule has 0 heterocycles. The number of hydrogen-bond donors (Lipinski definition) is 0. The molecule has 1 nitrogen and oxygen atoms in total. The van der Waals surface area contributed by atoms with Crippen LogP contribution in [0, 0.1) is 17.5 Å². The fraction of sp³-hybridized carbons (Fsp3) is 0.250. The third-order valence-corrected chi connectivity index (χ3v) is 2.29. The second-order valence-electron chi connectivity index (χ2n) is 2.71. The monoisotopic (exact) mass is 253 g/mol. The van der Waals surface area contributed by atoms with Crippen molar-refractivity contribution in [2.45, 2.75) is 0 Å². The molecule has 1 rings (SSSR count). The van der Waals surface area contributed by atoms with Crippen LogP contribution in [0.2, 0.25) is 0 Å². The average molecular weight is 254 g/mol. The van der Waals surface area contributed by atoms with Gasteiger partial charge in [-0.1, -0.05) is 0 Å². The fourth-order valence-corrected chi connectivity index (χ4v) is 1.60. The molecule has 0 bridgehead atoms. The predicted octanol–water partition coefficient (Wildman–Crippen LogP) is 2.93. The van der Waals surface area contributed by atoms with Crippen molar-refractivity contribution in [3.63, 3.8) is 0 Å². The van der Waals surface area contributed by atoms with Crippen LogP contribution < -0.4 is 4.90 Å². The van der Waals surface area contributed by atoms with E-state index in [1.54, 1.807) is 0 Å². The number of hydrogen-bond acceptors (Lipinski definition) is 1. The van der Waals surface area contributed by atoms with Gasteiger partial charge in [-0.3, -0.25) is 0 Å². The van der Waals surface area contributed by atoms with Gasteiger partial charge < -0.3 is 4.90 Å². The Morgan fingerprint density at radius 3 is 2.15 bits per heavy atom. The number of benzene rings is 1. The molecular formula is C8H7BrF3N. The summed E-state index contributed by atoms with van der Waals surface area (Å²) in [6.07, 6.45) is 0. The summed E-state index contributed by atoms with van der Waals surface area (Å²) in [5.41, 5.74) is -0.127. The highest BCUT2D eigenvalue weighted by atomic mass is 79.9. The Bertz CT molecular complexity index is 312. The first-order valence-electron chi connectivity index (χ1n) is 3.45. The van der Waals surface area contributed by atoms with Gasteiger partial charge in [0.1, 0.15) is 5.82 Å². The van der Waals surface area contributed by atoms with Gasteiger partial charge in [-0.05, 0) is 15.9 Å². The third-order valence-electron chi connectivity index (χ3n) is 1.54. The van der Waals surface area contributed by atoms with Crippen LogP contribution in [-0.2, 0) is 0 Å². The van der Waals surface area contributed by atoms with Crippen LogP contribution in [0.4, 0.5) is 18.9 Å². The molecule has 1 aromatic carbocycles. The highest BCUT2D eigenvalue weighted by Gasteiger charge is 2.18. The van der Waals surface area contributed by atoms with Crippen LogP contribution in [0.25, 0.3) is 0 Å². The van der Waals surface area contributed by atoms with Gasteiger partial charge in [0.2, 0.25) is 0 Å².